The third-order valence-corrected chi connectivity index (χ3v) is 6.00. The van der Waals surface area contributed by atoms with Crippen LogP contribution in [0.1, 0.15) is 28.4 Å². The molecule has 1 N–H and O–H groups in total. The maximum absolute atomic E-state index is 12.9. The number of carbonyl (C=O) groups is 1. The summed E-state index contributed by atoms with van der Waals surface area (Å²) < 4.78 is 27.3. The van der Waals surface area contributed by atoms with Crippen LogP contribution in [0.3, 0.4) is 0 Å². The number of nitrogens with one attached hydrogen (secondary N) is 1. The van der Waals surface area contributed by atoms with Crippen molar-refractivity contribution in [1.29, 1.82) is 0 Å². The highest BCUT2D eigenvalue weighted by Crippen LogP contribution is 2.35. The average Bonchev–Trinajstić information content (AvgIpc) is 3.00. The van der Waals surface area contributed by atoms with E-state index in [0.717, 1.165) is 11.1 Å². The first-order valence-electron chi connectivity index (χ1n) is 7.94. The molecule has 0 saturated carbocycles. The second-order valence-electron chi connectivity index (χ2n) is 5.80. The first-order chi connectivity index (χ1) is 11.4. The van der Waals surface area contributed by atoms with Crippen LogP contribution in [0.15, 0.2) is 47.4 Å². The molecule has 2 aromatic rings. The molecule has 0 aliphatic carbocycles. The van der Waals surface area contributed by atoms with Gasteiger partial charge in [-0.1, -0.05) is 23.8 Å². The number of hydrogen-bond donors (Lipinski definition) is 1. The molecule has 0 atom stereocenters. The van der Waals surface area contributed by atoms with Crippen LogP contribution in [0.5, 0.6) is 0 Å². The van der Waals surface area contributed by atoms with E-state index in [-0.39, 0.29) is 10.8 Å². The molecule has 1 aliphatic rings. The molecule has 0 fully saturated rings. The molecule has 5 nitrogen and oxygen atoms in total. The van der Waals surface area contributed by atoms with Crippen molar-refractivity contribution in [3.05, 3.63) is 59.2 Å². The van der Waals surface area contributed by atoms with E-state index in [0.29, 0.717) is 30.8 Å². The Morgan fingerprint density at radius 3 is 2.54 bits per heavy atom. The largest absolute Gasteiger partial charge is 0.352 e. The van der Waals surface area contributed by atoms with Gasteiger partial charge in [0.1, 0.15) is 0 Å². The van der Waals surface area contributed by atoms with Gasteiger partial charge in [-0.15, -0.1) is 0 Å². The van der Waals surface area contributed by atoms with Gasteiger partial charge in [0.25, 0.3) is 15.9 Å². The minimum absolute atomic E-state index is 0.163. The van der Waals surface area contributed by atoms with Crippen LogP contribution in [0, 0.1) is 6.92 Å². The maximum Gasteiger partial charge on any atom is 0.264 e. The lowest BCUT2D eigenvalue weighted by Crippen LogP contribution is -2.29. The summed E-state index contributed by atoms with van der Waals surface area (Å²) in [7, 11) is -3.62. The summed E-state index contributed by atoms with van der Waals surface area (Å²) in [5.41, 5.74) is 2.95. The van der Waals surface area contributed by atoms with Crippen molar-refractivity contribution in [3.8, 4) is 0 Å². The summed E-state index contributed by atoms with van der Waals surface area (Å²) in [5.74, 6) is -0.163. The first kappa shape index (κ1) is 16.5. The van der Waals surface area contributed by atoms with E-state index in [1.807, 2.05) is 13.8 Å². The van der Waals surface area contributed by atoms with Crippen LogP contribution in [0.25, 0.3) is 0 Å². The minimum Gasteiger partial charge on any atom is -0.352 e. The van der Waals surface area contributed by atoms with Crippen LogP contribution in [-0.4, -0.2) is 27.4 Å². The monoisotopic (exact) mass is 344 g/mol. The molecule has 0 bridgehead atoms. The quantitative estimate of drug-likeness (QED) is 0.927. The third-order valence-electron chi connectivity index (χ3n) is 4.18. The predicted octanol–water partition coefficient (Wildman–Crippen LogP) is 2.50. The number of benzene rings is 2. The van der Waals surface area contributed by atoms with E-state index >= 15 is 0 Å². The number of carbonyl (C=O) groups excluding carboxylic acids is 1. The molecule has 1 aliphatic heterocycles. The van der Waals surface area contributed by atoms with E-state index in [4.69, 9.17) is 0 Å². The van der Waals surface area contributed by atoms with Crippen molar-refractivity contribution in [2.24, 2.45) is 0 Å². The number of rotatable bonds is 4. The van der Waals surface area contributed by atoms with Crippen molar-refractivity contribution in [1.82, 2.24) is 5.32 Å². The van der Waals surface area contributed by atoms with Gasteiger partial charge >= 0.3 is 0 Å². The average molecular weight is 344 g/mol. The fraction of sp³-hybridized carbons (Fsp3) is 0.278. The van der Waals surface area contributed by atoms with Gasteiger partial charge in [-0.05, 0) is 50.1 Å². The maximum atomic E-state index is 12.9. The molecule has 0 radical (unpaired) electrons. The minimum atomic E-state index is -3.62. The van der Waals surface area contributed by atoms with Gasteiger partial charge in [0.05, 0.1) is 10.6 Å². The normalized spacial score (nSPS) is 13.7. The molecule has 6 heteroatoms. The predicted molar refractivity (Wildman–Crippen MR) is 93.9 cm³/mol. The Morgan fingerprint density at radius 2 is 1.88 bits per heavy atom. The summed E-state index contributed by atoms with van der Waals surface area (Å²) in [5, 5.41) is 2.78. The van der Waals surface area contributed by atoms with Crippen LogP contribution in [0.2, 0.25) is 0 Å². The smallest absolute Gasteiger partial charge is 0.264 e. The highest BCUT2D eigenvalue weighted by Gasteiger charge is 2.32. The zero-order valence-corrected chi connectivity index (χ0v) is 14.6. The highest BCUT2D eigenvalue weighted by atomic mass is 32.2. The summed E-state index contributed by atoms with van der Waals surface area (Å²) in [6, 6.07) is 12.0. The molecule has 24 heavy (non-hydrogen) atoms. The summed E-state index contributed by atoms with van der Waals surface area (Å²) >= 11 is 0. The fourth-order valence-electron chi connectivity index (χ4n) is 2.96. The number of fused-ring (bicyclic) bond motifs is 1. The molecule has 1 heterocycles. The summed E-state index contributed by atoms with van der Waals surface area (Å²) in [6.45, 7) is 4.66. The van der Waals surface area contributed by atoms with E-state index in [1.54, 1.807) is 42.5 Å². The topological polar surface area (TPSA) is 66.5 Å². The molecule has 0 spiro atoms. The fourth-order valence-corrected chi connectivity index (χ4v) is 4.46. The molecule has 2 aromatic carbocycles. The van der Waals surface area contributed by atoms with Crippen LogP contribution >= 0.6 is 0 Å². The number of anilines is 1. The Balaban J connectivity index is 2.02. The highest BCUT2D eigenvalue weighted by molar-refractivity contribution is 7.92. The van der Waals surface area contributed by atoms with Crippen LogP contribution in [-0.2, 0) is 16.4 Å². The molecule has 0 aromatic heterocycles. The lowest BCUT2D eigenvalue weighted by molar-refractivity contribution is 0.0955. The molecule has 0 saturated heterocycles. The second kappa shape index (κ2) is 6.28. The lowest BCUT2D eigenvalue weighted by atomic mass is 10.0. The zero-order valence-electron chi connectivity index (χ0n) is 13.7. The second-order valence-corrected chi connectivity index (χ2v) is 7.67. The molecule has 3 rings (SSSR count). The van der Waals surface area contributed by atoms with Gasteiger partial charge in [-0.25, -0.2) is 8.42 Å². The van der Waals surface area contributed by atoms with Crippen molar-refractivity contribution in [3.63, 3.8) is 0 Å². The SMILES string of the molecule is CCNC(=O)c1cccc2c1CCN2S(=O)(=O)c1ccc(C)cc1. The summed E-state index contributed by atoms with van der Waals surface area (Å²) in [6.07, 6.45) is 0.535. The van der Waals surface area contributed by atoms with Crippen molar-refractivity contribution in [2.45, 2.75) is 25.2 Å². The van der Waals surface area contributed by atoms with Crippen molar-refractivity contribution in [2.75, 3.05) is 17.4 Å². The Hall–Kier alpha value is -2.34. The van der Waals surface area contributed by atoms with Gasteiger partial charge in [-0.2, -0.15) is 0 Å². The molecule has 1 amide bonds. The van der Waals surface area contributed by atoms with Gasteiger partial charge in [0, 0.05) is 18.7 Å². The van der Waals surface area contributed by atoms with Crippen LogP contribution in [0.4, 0.5) is 5.69 Å². The van der Waals surface area contributed by atoms with E-state index in [2.05, 4.69) is 5.32 Å². The van der Waals surface area contributed by atoms with E-state index in [9.17, 15) is 13.2 Å². The van der Waals surface area contributed by atoms with E-state index < -0.39 is 10.0 Å². The molecule has 0 unspecified atom stereocenters. The number of hydrogen-bond acceptors (Lipinski definition) is 3. The molecule has 126 valence electrons. The molecular weight excluding hydrogens is 324 g/mol. The number of sulfonamides is 1. The Morgan fingerprint density at radius 1 is 1.17 bits per heavy atom. The zero-order chi connectivity index (χ0) is 17.3. The van der Waals surface area contributed by atoms with Crippen molar-refractivity contribution >= 4 is 21.6 Å². The number of amides is 1. The van der Waals surface area contributed by atoms with Gasteiger partial charge in [0.2, 0.25) is 0 Å². The van der Waals surface area contributed by atoms with Gasteiger partial charge in [-0.3, -0.25) is 9.10 Å². The first-order valence-corrected chi connectivity index (χ1v) is 9.38. The summed E-state index contributed by atoms with van der Waals surface area (Å²) in [4.78, 5) is 12.5. The Kier molecular flexibility index (Phi) is 4.32. The van der Waals surface area contributed by atoms with Gasteiger partial charge < -0.3 is 5.32 Å². The third kappa shape index (κ3) is 2.78. The van der Waals surface area contributed by atoms with Crippen LogP contribution < -0.4 is 9.62 Å². The number of aryl methyl sites for hydroxylation is 1. The molecular formula is C18H20N2O3S. The Labute approximate surface area is 142 Å². The lowest BCUT2D eigenvalue weighted by Gasteiger charge is -2.20. The number of nitrogens with zero attached hydrogens (tertiary/aromatic N) is 1. The van der Waals surface area contributed by atoms with Crippen molar-refractivity contribution < 1.29 is 13.2 Å². The van der Waals surface area contributed by atoms with E-state index in [1.165, 1.54) is 4.31 Å². The van der Waals surface area contributed by atoms with Gasteiger partial charge in [0.15, 0.2) is 0 Å². The Bertz CT molecular complexity index is 874. The standard InChI is InChI=1S/C18H20N2O3S/c1-3-19-18(21)16-5-4-6-17-15(16)11-12-20(17)24(22,23)14-9-7-13(2)8-10-14/h4-10H,3,11-12H2,1-2H3,(H,19,21).